The van der Waals surface area contributed by atoms with Crippen LogP contribution in [0, 0.1) is 5.92 Å². The smallest absolute Gasteiger partial charge is 0.262 e. The molecule has 0 aromatic heterocycles. The summed E-state index contributed by atoms with van der Waals surface area (Å²) in [6.07, 6.45) is 1.50. The van der Waals surface area contributed by atoms with Crippen LogP contribution < -0.4 is 5.73 Å². The molecule has 2 atom stereocenters. The van der Waals surface area contributed by atoms with Crippen molar-refractivity contribution in [3.8, 4) is 0 Å². The predicted molar refractivity (Wildman–Crippen MR) is 109 cm³/mol. The molecule has 7 nitrogen and oxygen atoms in total. The van der Waals surface area contributed by atoms with Crippen molar-refractivity contribution in [1.29, 1.82) is 0 Å². The lowest BCUT2D eigenvalue weighted by Crippen LogP contribution is -2.55. The van der Waals surface area contributed by atoms with E-state index in [2.05, 4.69) is 0 Å². The zero-order valence-electron chi connectivity index (χ0n) is 16.5. The van der Waals surface area contributed by atoms with Crippen molar-refractivity contribution in [2.75, 3.05) is 13.1 Å². The number of primary amides is 1. The van der Waals surface area contributed by atoms with Gasteiger partial charge in [0.15, 0.2) is 0 Å². The Balaban J connectivity index is 1.67. The number of piperidine rings is 1. The maximum absolute atomic E-state index is 13.5. The highest BCUT2D eigenvalue weighted by Crippen LogP contribution is 2.28. The Bertz CT molecular complexity index is 970. The molecule has 0 saturated carbocycles. The van der Waals surface area contributed by atoms with Crippen LogP contribution in [0.3, 0.4) is 0 Å². The number of hydrogen-bond donors (Lipinski definition) is 1. The van der Waals surface area contributed by atoms with E-state index in [0.717, 1.165) is 10.5 Å². The second-order valence-electron chi connectivity index (χ2n) is 7.76. The second kappa shape index (κ2) is 8.10. The van der Waals surface area contributed by atoms with Gasteiger partial charge >= 0.3 is 0 Å². The fourth-order valence-corrected chi connectivity index (χ4v) is 4.24. The van der Waals surface area contributed by atoms with Crippen LogP contribution in [-0.4, -0.2) is 52.6 Å². The van der Waals surface area contributed by atoms with E-state index in [1.54, 1.807) is 29.2 Å². The molecule has 1 saturated heterocycles. The minimum atomic E-state index is -0.980. The first-order valence-electron chi connectivity index (χ1n) is 10.1. The highest BCUT2D eigenvalue weighted by molar-refractivity contribution is 6.22. The minimum Gasteiger partial charge on any atom is -0.369 e. The van der Waals surface area contributed by atoms with Crippen molar-refractivity contribution in [2.45, 2.75) is 25.3 Å². The topological polar surface area (TPSA) is 101 Å². The lowest BCUT2D eigenvalue weighted by molar-refractivity contribution is -0.138. The summed E-state index contributed by atoms with van der Waals surface area (Å²) in [5, 5.41) is 0. The van der Waals surface area contributed by atoms with Gasteiger partial charge in [-0.25, -0.2) is 0 Å². The molecule has 2 aliphatic heterocycles. The van der Waals surface area contributed by atoms with Crippen molar-refractivity contribution in [1.82, 2.24) is 9.80 Å². The number of fused-ring (bicyclic) bond motifs is 1. The van der Waals surface area contributed by atoms with Gasteiger partial charge in [-0.1, -0.05) is 42.5 Å². The van der Waals surface area contributed by atoms with Gasteiger partial charge in [0.05, 0.1) is 17.0 Å². The molecule has 0 spiro atoms. The Hall–Kier alpha value is -3.48. The first-order chi connectivity index (χ1) is 14.5. The number of amides is 4. The van der Waals surface area contributed by atoms with Gasteiger partial charge in [-0.15, -0.1) is 0 Å². The largest absolute Gasteiger partial charge is 0.369 e. The summed E-state index contributed by atoms with van der Waals surface area (Å²) in [4.78, 5) is 53.9. The zero-order chi connectivity index (χ0) is 21.3. The molecule has 2 aliphatic rings. The number of carbonyl (C=O) groups excluding carboxylic acids is 4. The normalized spacial score (nSPS) is 19.5. The molecule has 0 aliphatic carbocycles. The third-order valence-electron chi connectivity index (χ3n) is 5.83. The quantitative estimate of drug-likeness (QED) is 0.764. The number of benzene rings is 2. The summed E-state index contributed by atoms with van der Waals surface area (Å²) in [6.45, 7) is 0.680. The summed E-state index contributed by atoms with van der Waals surface area (Å²) in [7, 11) is 0. The fraction of sp³-hybridized carbons (Fsp3) is 0.304. The molecular formula is C23H23N3O4. The van der Waals surface area contributed by atoms with Crippen molar-refractivity contribution >= 4 is 23.6 Å². The van der Waals surface area contributed by atoms with Crippen molar-refractivity contribution in [2.24, 2.45) is 11.7 Å². The number of nitrogens with two attached hydrogens (primary N) is 1. The van der Waals surface area contributed by atoms with Gasteiger partial charge in [-0.05, 0) is 30.5 Å². The van der Waals surface area contributed by atoms with E-state index in [0.29, 0.717) is 30.5 Å². The molecule has 2 heterocycles. The van der Waals surface area contributed by atoms with Gasteiger partial charge in [0.1, 0.15) is 6.04 Å². The molecule has 0 radical (unpaired) electrons. The van der Waals surface area contributed by atoms with Gasteiger partial charge in [0.2, 0.25) is 11.8 Å². The van der Waals surface area contributed by atoms with Crippen LogP contribution in [-0.2, 0) is 16.0 Å². The number of carbonyl (C=O) groups is 4. The lowest BCUT2D eigenvalue weighted by atomic mass is 9.95. The molecule has 2 aromatic rings. The Morgan fingerprint density at radius 2 is 1.57 bits per heavy atom. The molecule has 1 fully saturated rings. The lowest BCUT2D eigenvalue weighted by Gasteiger charge is -2.36. The van der Waals surface area contributed by atoms with E-state index < -0.39 is 29.7 Å². The molecule has 2 aromatic carbocycles. The maximum Gasteiger partial charge on any atom is 0.262 e. The monoisotopic (exact) mass is 405 g/mol. The van der Waals surface area contributed by atoms with Gasteiger partial charge in [0, 0.05) is 19.5 Å². The maximum atomic E-state index is 13.5. The van der Waals surface area contributed by atoms with Crippen LogP contribution in [0.25, 0.3) is 0 Å². The SMILES string of the molecule is NC(=O)[C@H]1CCCN(C(=O)[C@H](Cc2ccccc2)N2C(=O)c3ccccc3C2=O)C1. The summed E-state index contributed by atoms with van der Waals surface area (Å²) in [6, 6.07) is 14.9. The highest BCUT2D eigenvalue weighted by Gasteiger charge is 2.44. The summed E-state index contributed by atoms with van der Waals surface area (Å²) in [5.74, 6) is -2.11. The second-order valence-corrected chi connectivity index (χ2v) is 7.76. The molecule has 30 heavy (non-hydrogen) atoms. The third-order valence-corrected chi connectivity index (χ3v) is 5.83. The average Bonchev–Trinajstić information content (AvgIpc) is 3.03. The zero-order valence-corrected chi connectivity index (χ0v) is 16.5. The van der Waals surface area contributed by atoms with Crippen molar-refractivity contribution in [3.63, 3.8) is 0 Å². The average molecular weight is 405 g/mol. The van der Waals surface area contributed by atoms with E-state index in [-0.39, 0.29) is 18.9 Å². The van der Waals surface area contributed by atoms with E-state index in [1.807, 2.05) is 30.3 Å². The summed E-state index contributed by atoms with van der Waals surface area (Å²) in [5.41, 5.74) is 6.92. The van der Waals surface area contributed by atoms with Crippen LogP contribution >= 0.6 is 0 Å². The molecule has 0 unspecified atom stereocenters. The van der Waals surface area contributed by atoms with Gasteiger partial charge < -0.3 is 10.6 Å². The molecule has 154 valence electrons. The Morgan fingerprint density at radius 3 is 2.17 bits per heavy atom. The molecule has 2 N–H and O–H groups in total. The van der Waals surface area contributed by atoms with E-state index in [9.17, 15) is 19.2 Å². The Morgan fingerprint density at radius 1 is 0.967 bits per heavy atom. The third kappa shape index (κ3) is 3.58. The van der Waals surface area contributed by atoms with Crippen LogP contribution in [0.15, 0.2) is 54.6 Å². The van der Waals surface area contributed by atoms with Crippen LogP contribution in [0.1, 0.15) is 39.1 Å². The standard InChI is InChI=1S/C23H23N3O4/c24-20(27)16-9-6-12-25(14-16)23(30)19(13-15-7-2-1-3-8-15)26-21(28)17-10-4-5-11-18(17)22(26)29/h1-5,7-8,10-11,16,19H,6,9,12-14H2,(H2,24,27)/t16-,19-/m0/s1. The molecule has 4 amide bonds. The highest BCUT2D eigenvalue weighted by atomic mass is 16.2. The van der Waals surface area contributed by atoms with Crippen molar-refractivity contribution in [3.05, 3.63) is 71.3 Å². The van der Waals surface area contributed by atoms with Crippen LogP contribution in [0.4, 0.5) is 0 Å². The predicted octanol–water partition coefficient (Wildman–Crippen LogP) is 1.62. The van der Waals surface area contributed by atoms with Gasteiger partial charge in [-0.3, -0.25) is 24.1 Å². The van der Waals surface area contributed by atoms with Crippen molar-refractivity contribution < 1.29 is 19.2 Å². The molecular weight excluding hydrogens is 382 g/mol. The number of rotatable bonds is 5. The number of hydrogen-bond acceptors (Lipinski definition) is 4. The van der Waals surface area contributed by atoms with Crippen LogP contribution in [0.5, 0.6) is 0 Å². The number of nitrogens with zero attached hydrogens (tertiary/aromatic N) is 2. The van der Waals surface area contributed by atoms with E-state index in [4.69, 9.17) is 5.73 Å². The summed E-state index contributed by atoms with van der Waals surface area (Å²) < 4.78 is 0. The first kappa shape index (κ1) is 19.8. The van der Waals surface area contributed by atoms with Crippen LogP contribution in [0.2, 0.25) is 0 Å². The first-order valence-corrected chi connectivity index (χ1v) is 10.1. The fourth-order valence-electron chi connectivity index (χ4n) is 4.24. The number of likely N-dealkylation sites (tertiary alicyclic amines) is 1. The minimum absolute atomic E-state index is 0.211. The number of imide groups is 1. The molecule has 4 rings (SSSR count). The van der Waals surface area contributed by atoms with E-state index >= 15 is 0 Å². The summed E-state index contributed by atoms with van der Waals surface area (Å²) >= 11 is 0. The molecule has 7 heteroatoms. The molecule has 0 bridgehead atoms. The van der Waals surface area contributed by atoms with E-state index in [1.165, 1.54) is 0 Å². The van der Waals surface area contributed by atoms with Gasteiger partial charge in [0.25, 0.3) is 11.8 Å². The Labute approximate surface area is 174 Å². The van der Waals surface area contributed by atoms with Gasteiger partial charge in [-0.2, -0.15) is 0 Å². The Kier molecular flexibility index (Phi) is 5.35.